The molecule has 4 rings (SSSR count). The quantitative estimate of drug-likeness (QED) is 0.506. The molecule has 2 heterocycles. The number of anilines is 1. The molecule has 4 nitrogen and oxygen atoms in total. The topological polar surface area (TPSA) is 36.4 Å². The molecule has 0 radical (unpaired) electrons. The summed E-state index contributed by atoms with van der Waals surface area (Å²) >= 11 is 3.53. The lowest BCUT2D eigenvalue weighted by atomic mass is 10.0. The van der Waals surface area contributed by atoms with Crippen LogP contribution in [-0.4, -0.2) is 47.7 Å². The van der Waals surface area contributed by atoms with Crippen molar-refractivity contribution in [2.24, 2.45) is 0 Å². The van der Waals surface area contributed by atoms with Gasteiger partial charge in [-0.15, -0.1) is 11.8 Å². The predicted octanol–water partition coefficient (Wildman–Crippen LogP) is 5.49. The Hall–Kier alpha value is -2.05. The molecular formula is C23H27N3OS2. The van der Waals surface area contributed by atoms with Crippen LogP contribution in [0.4, 0.5) is 5.13 Å². The van der Waals surface area contributed by atoms with E-state index in [1.807, 2.05) is 23.1 Å². The predicted molar refractivity (Wildman–Crippen MR) is 125 cm³/mol. The molecule has 0 unspecified atom stereocenters. The molecule has 0 N–H and O–H groups in total. The van der Waals surface area contributed by atoms with Gasteiger partial charge in [0.2, 0.25) is 0 Å². The number of para-hydroxylation sites is 1. The SMILES string of the molecule is CCSc1cccc(C(=O)N2CCN(c3nc4c(C(C)C)cccc4s3)CC2)c1. The van der Waals surface area contributed by atoms with Crippen molar-refractivity contribution >= 4 is 44.4 Å². The van der Waals surface area contributed by atoms with E-state index in [0.29, 0.717) is 5.92 Å². The van der Waals surface area contributed by atoms with Crippen molar-refractivity contribution in [3.8, 4) is 0 Å². The monoisotopic (exact) mass is 425 g/mol. The first-order valence-electron chi connectivity index (χ1n) is 10.2. The van der Waals surface area contributed by atoms with E-state index in [0.717, 1.165) is 53.0 Å². The van der Waals surface area contributed by atoms with Gasteiger partial charge < -0.3 is 9.80 Å². The molecule has 29 heavy (non-hydrogen) atoms. The molecule has 1 aromatic heterocycles. The fourth-order valence-electron chi connectivity index (χ4n) is 3.73. The number of piperazine rings is 1. The molecule has 3 aromatic rings. The summed E-state index contributed by atoms with van der Waals surface area (Å²) in [7, 11) is 0. The number of nitrogens with zero attached hydrogens (tertiary/aromatic N) is 3. The van der Waals surface area contributed by atoms with Gasteiger partial charge in [-0.25, -0.2) is 4.98 Å². The number of fused-ring (bicyclic) bond motifs is 1. The van der Waals surface area contributed by atoms with E-state index in [-0.39, 0.29) is 5.91 Å². The van der Waals surface area contributed by atoms with Gasteiger partial charge in [0.15, 0.2) is 5.13 Å². The highest BCUT2D eigenvalue weighted by Crippen LogP contribution is 2.34. The van der Waals surface area contributed by atoms with E-state index >= 15 is 0 Å². The smallest absolute Gasteiger partial charge is 0.254 e. The summed E-state index contributed by atoms with van der Waals surface area (Å²) in [6.45, 7) is 9.68. The minimum Gasteiger partial charge on any atom is -0.345 e. The maximum atomic E-state index is 12.9. The zero-order valence-electron chi connectivity index (χ0n) is 17.2. The Morgan fingerprint density at radius 1 is 1.14 bits per heavy atom. The molecule has 1 aliphatic rings. The van der Waals surface area contributed by atoms with Crippen LogP contribution in [0.15, 0.2) is 47.4 Å². The van der Waals surface area contributed by atoms with Gasteiger partial charge in [-0.2, -0.15) is 0 Å². The third kappa shape index (κ3) is 4.28. The van der Waals surface area contributed by atoms with Crippen molar-refractivity contribution in [1.29, 1.82) is 0 Å². The molecule has 1 amide bonds. The van der Waals surface area contributed by atoms with Crippen LogP contribution in [0.2, 0.25) is 0 Å². The summed E-state index contributed by atoms with van der Waals surface area (Å²) in [4.78, 5) is 23.4. The minimum atomic E-state index is 0.134. The van der Waals surface area contributed by atoms with Crippen LogP contribution in [0.25, 0.3) is 10.2 Å². The fraction of sp³-hybridized carbons (Fsp3) is 0.391. The number of amides is 1. The van der Waals surface area contributed by atoms with Gasteiger partial charge in [0.05, 0.1) is 10.2 Å². The van der Waals surface area contributed by atoms with E-state index in [4.69, 9.17) is 4.98 Å². The molecular weight excluding hydrogens is 398 g/mol. The molecule has 1 saturated heterocycles. The third-order valence-electron chi connectivity index (χ3n) is 5.29. The number of carbonyl (C=O) groups is 1. The second-order valence-corrected chi connectivity index (χ2v) is 9.93. The highest BCUT2D eigenvalue weighted by atomic mass is 32.2. The molecule has 152 valence electrons. The third-order valence-corrected chi connectivity index (χ3v) is 7.25. The Morgan fingerprint density at radius 3 is 2.62 bits per heavy atom. The molecule has 0 bridgehead atoms. The van der Waals surface area contributed by atoms with Crippen LogP contribution in [0.5, 0.6) is 0 Å². The second-order valence-electron chi connectivity index (χ2n) is 7.59. The van der Waals surface area contributed by atoms with Crippen LogP contribution in [0.1, 0.15) is 42.6 Å². The largest absolute Gasteiger partial charge is 0.345 e. The van der Waals surface area contributed by atoms with Crippen molar-refractivity contribution in [1.82, 2.24) is 9.88 Å². The molecule has 0 saturated carbocycles. The molecule has 0 aliphatic carbocycles. The lowest BCUT2D eigenvalue weighted by Crippen LogP contribution is -2.48. The van der Waals surface area contributed by atoms with Crippen LogP contribution in [-0.2, 0) is 0 Å². The minimum absolute atomic E-state index is 0.134. The molecule has 1 fully saturated rings. The number of thioether (sulfide) groups is 1. The number of hydrogen-bond acceptors (Lipinski definition) is 5. The van der Waals surface area contributed by atoms with Crippen molar-refractivity contribution in [3.05, 3.63) is 53.6 Å². The highest BCUT2D eigenvalue weighted by molar-refractivity contribution is 7.99. The Bertz CT molecular complexity index is 1010. The van der Waals surface area contributed by atoms with Crippen LogP contribution < -0.4 is 4.90 Å². The average molecular weight is 426 g/mol. The van der Waals surface area contributed by atoms with Crippen LogP contribution >= 0.6 is 23.1 Å². The Balaban J connectivity index is 1.45. The molecule has 1 aliphatic heterocycles. The van der Waals surface area contributed by atoms with Crippen molar-refractivity contribution in [2.45, 2.75) is 31.6 Å². The summed E-state index contributed by atoms with van der Waals surface area (Å²) in [5.74, 6) is 1.61. The Morgan fingerprint density at radius 2 is 1.90 bits per heavy atom. The number of thiazole rings is 1. The first kappa shape index (κ1) is 20.2. The Kier molecular flexibility index (Phi) is 6.11. The van der Waals surface area contributed by atoms with Gasteiger partial charge in [-0.05, 0) is 41.5 Å². The standard InChI is InChI=1S/C23H27N3OS2/c1-4-28-18-8-5-7-17(15-18)22(27)25-11-13-26(14-12-25)23-24-21-19(16(2)3)9-6-10-20(21)29-23/h5-10,15-16H,4,11-14H2,1-3H3. The zero-order valence-corrected chi connectivity index (χ0v) is 18.9. The molecule has 0 spiro atoms. The van der Waals surface area contributed by atoms with E-state index < -0.39 is 0 Å². The lowest BCUT2D eigenvalue weighted by molar-refractivity contribution is 0.0746. The van der Waals surface area contributed by atoms with Gasteiger partial charge in [-0.3, -0.25) is 4.79 Å². The molecule has 2 aromatic carbocycles. The number of aromatic nitrogens is 1. The normalized spacial score (nSPS) is 14.8. The van der Waals surface area contributed by atoms with Crippen molar-refractivity contribution in [3.63, 3.8) is 0 Å². The van der Waals surface area contributed by atoms with Crippen LogP contribution in [0, 0.1) is 0 Å². The highest BCUT2D eigenvalue weighted by Gasteiger charge is 2.24. The summed E-state index contributed by atoms with van der Waals surface area (Å²) in [5.41, 5.74) is 3.23. The van der Waals surface area contributed by atoms with E-state index in [2.05, 4.69) is 49.9 Å². The van der Waals surface area contributed by atoms with Crippen LogP contribution in [0.3, 0.4) is 0 Å². The lowest BCUT2D eigenvalue weighted by Gasteiger charge is -2.34. The number of benzene rings is 2. The zero-order chi connectivity index (χ0) is 20.4. The fourth-order valence-corrected chi connectivity index (χ4v) is 5.50. The van der Waals surface area contributed by atoms with Gasteiger partial charge in [-0.1, -0.05) is 50.3 Å². The van der Waals surface area contributed by atoms with Gasteiger partial charge in [0, 0.05) is 36.6 Å². The van der Waals surface area contributed by atoms with Gasteiger partial charge in [0.1, 0.15) is 0 Å². The van der Waals surface area contributed by atoms with E-state index in [1.54, 1.807) is 23.1 Å². The first-order chi connectivity index (χ1) is 14.1. The van der Waals surface area contributed by atoms with Crippen molar-refractivity contribution in [2.75, 3.05) is 36.8 Å². The van der Waals surface area contributed by atoms with Gasteiger partial charge >= 0.3 is 0 Å². The number of carbonyl (C=O) groups excluding carboxylic acids is 1. The molecule has 6 heteroatoms. The Labute approximate surface area is 180 Å². The number of hydrogen-bond donors (Lipinski definition) is 0. The molecule has 0 atom stereocenters. The van der Waals surface area contributed by atoms with E-state index in [1.165, 1.54) is 10.3 Å². The van der Waals surface area contributed by atoms with Gasteiger partial charge in [0.25, 0.3) is 5.91 Å². The maximum absolute atomic E-state index is 12.9. The number of rotatable bonds is 5. The first-order valence-corrected chi connectivity index (χ1v) is 12.0. The summed E-state index contributed by atoms with van der Waals surface area (Å²) in [5, 5.41) is 1.07. The average Bonchev–Trinajstić information content (AvgIpc) is 3.18. The maximum Gasteiger partial charge on any atom is 0.254 e. The van der Waals surface area contributed by atoms with E-state index in [9.17, 15) is 4.79 Å². The van der Waals surface area contributed by atoms with Crippen molar-refractivity contribution < 1.29 is 4.79 Å². The summed E-state index contributed by atoms with van der Waals surface area (Å²) in [6, 6.07) is 14.5. The summed E-state index contributed by atoms with van der Waals surface area (Å²) < 4.78 is 1.25. The second kappa shape index (κ2) is 8.76. The summed E-state index contributed by atoms with van der Waals surface area (Å²) in [6.07, 6.45) is 0.